The summed E-state index contributed by atoms with van der Waals surface area (Å²) in [5.41, 5.74) is 1.92. The van der Waals surface area contributed by atoms with Crippen LogP contribution in [0.4, 0.5) is 4.39 Å². The van der Waals surface area contributed by atoms with Crippen molar-refractivity contribution in [2.75, 3.05) is 12.4 Å². The van der Waals surface area contributed by atoms with Gasteiger partial charge in [-0.2, -0.15) is 0 Å². The van der Waals surface area contributed by atoms with Crippen LogP contribution in [0.25, 0.3) is 0 Å². The molecule has 4 heteroatoms. The van der Waals surface area contributed by atoms with E-state index < -0.39 is 0 Å². The van der Waals surface area contributed by atoms with Crippen LogP contribution in [-0.2, 0) is 12.8 Å². The topological polar surface area (TPSA) is 9.23 Å². The lowest BCUT2D eigenvalue weighted by molar-refractivity contribution is 0.414. The number of methoxy groups -OCH3 is 1. The fourth-order valence-electron chi connectivity index (χ4n) is 2.27. The number of halogens is 3. The van der Waals surface area contributed by atoms with Gasteiger partial charge >= 0.3 is 0 Å². The first-order chi connectivity index (χ1) is 10.1. The molecule has 1 unspecified atom stereocenters. The molecule has 0 fully saturated rings. The van der Waals surface area contributed by atoms with E-state index in [1.54, 1.807) is 19.2 Å². The Labute approximate surface area is 138 Å². The molecule has 0 bridgehead atoms. The quantitative estimate of drug-likeness (QED) is 0.627. The van der Waals surface area contributed by atoms with E-state index in [1.807, 2.05) is 24.3 Å². The molecule has 0 aromatic heterocycles. The number of rotatable bonds is 6. The van der Waals surface area contributed by atoms with Crippen LogP contribution in [0.2, 0.25) is 5.02 Å². The Morgan fingerprint density at radius 1 is 1.14 bits per heavy atom. The SMILES string of the molecule is COc1ccc(CC(CBr)Cc2ccc(Cl)cc2F)cc1. The molecular formula is C17H17BrClFO. The summed E-state index contributed by atoms with van der Waals surface area (Å²) in [6.45, 7) is 0. The Morgan fingerprint density at radius 2 is 1.86 bits per heavy atom. The lowest BCUT2D eigenvalue weighted by Crippen LogP contribution is -2.11. The van der Waals surface area contributed by atoms with Crippen LogP contribution in [0.5, 0.6) is 5.75 Å². The second-order valence-electron chi connectivity index (χ2n) is 5.01. The molecule has 0 aliphatic rings. The minimum Gasteiger partial charge on any atom is -0.497 e. The Morgan fingerprint density at radius 3 is 2.43 bits per heavy atom. The fourth-order valence-corrected chi connectivity index (χ4v) is 2.89. The third-order valence-corrected chi connectivity index (χ3v) is 4.58. The van der Waals surface area contributed by atoms with Gasteiger partial charge in [0.15, 0.2) is 0 Å². The lowest BCUT2D eigenvalue weighted by Gasteiger charge is -2.15. The zero-order valence-corrected chi connectivity index (χ0v) is 14.1. The molecule has 2 rings (SSSR count). The summed E-state index contributed by atoms with van der Waals surface area (Å²) in [6, 6.07) is 12.9. The molecule has 2 aromatic rings. The van der Waals surface area contributed by atoms with Gasteiger partial charge in [0.05, 0.1) is 7.11 Å². The van der Waals surface area contributed by atoms with Gasteiger partial charge in [-0.05, 0) is 54.2 Å². The predicted octanol–water partition coefficient (Wildman–Crippen LogP) is 5.28. The summed E-state index contributed by atoms with van der Waals surface area (Å²) in [6.07, 6.45) is 1.57. The van der Waals surface area contributed by atoms with Crippen molar-refractivity contribution < 1.29 is 9.13 Å². The molecule has 0 saturated carbocycles. The third kappa shape index (κ3) is 4.72. The van der Waals surface area contributed by atoms with E-state index in [-0.39, 0.29) is 5.82 Å². The number of benzene rings is 2. The van der Waals surface area contributed by atoms with Crippen LogP contribution in [0.1, 0.15) is 11.1 Å². The highest BCUT2D eigenvalue weighted by Gasteiger charge is 2.13. The molecule has 0 radical (unpaired) electrons. The fraction of sp³-hybridized carbons (Fsp3) is 0.294. The van der Waals surface area contributed by atoms with E-state index in [0.717, 1.165) is 17.5 Å². The minimum absolute atomic E-state index is 0.233. The first kappa shape index (κ1) is 16.3. The molecule has 0 aliphatic carbocycles. The Kier molecular flexibility index (Phi) is 6.07. The van der Waals surface area contributed by atoms with Crippen molar-refractivity contribution in [3.8, 4) is 5.75 Å². The molecule has 21 heavy (non-hydrogen) atoms. The molecule has 2 aromatic carbocycles. The van der Waals surface area contributed by atoms with Gasteiger partial charge in [-0.15, -0.1) is 0 Å². The number of hydrogen-bond donors (Lipinski definition) is 0. The van der Waals surface area contributed by atoms with Crippen molar-refractivity contribution in [2.24, 2.45) is 5.92 Å². The first-order valence-corrected chi connectivity index (χ1v) is 8.25. The van der Waals surface area contributed by atoms with Gasteiger partial charge < -0.3 is 4.74 Å². The average Bonchev–Trinajstić information content (AvgIpc) is 2.49. The van der Waals surface area contributed by atoms with E-state index in [2.05, 4.69) is 15.9 Å². The summed E-state index contributed by atoms with van der Waals surface area (Å²) < 4.78 is 19.0. The van der Waals surface area contributed by atoms with Gasteiger partial charge in [0.25, 0.3) is 0 Å². The normalized spacial score (nSPS) is 12.2. The van der Waals surface area contributed by atoms with Gasteiger partial charge in [0, 0.05) is 10.4 Å². The summed E-state index contributed by atoms with van der Waals surface area (Å²) in [4.78, 5) is 0. The third-order valence-electron chi connectivity index (χ3n) is 3.43. The highest BCUT2D eigenvalue weighted by atomic mass is 79.9. The highest BCUT2D eigenvalue weighted by Crippen LogP contribution is 2.22. The van der Waals surface area contributed by atoms with Crippen molar-refractivity contribution in [2.45, 2.75) is 12.8 Å². The first-order valence-electron chi connectivity index (χ1n) is 6.75. The smallest absolute Gasteiger partial charge is 0.127 e. The number of alkyl halides is 1. The van der Waals surface area contributed by atoms with Gasteiger partial charge in [-0.3, -0.25) is 0 Å². The molecular weight excluding hydrogens is 355 g/mol. The van der Waals surface area contributed by atoms with Crippen molar-refractivity contribution in [1.29, 1.82) is 0 Å². The molecule has 0 amide bonds. The maximum Gasteiger partial charge on any atom is 0.127 e. The second-order valence-corrected chi connectivity index (χ2v) is 6.10. The van der Waals surface area contributed by atoms with Crippen LogP contribution >= 0.6 is 27.5 Å². The summed E-state index contributed by atoms with van der Waals surface area (Å²) in [5.74, 6) is 0.940. The molecule has 0 N–H and O–H groups in total. The van der Waals surface area contributed by atoms with Crippen LogP contribution in [0.15, 0.2) is 42.5 Å². The number of hydrogen-bond acceptors (Lipinski definition) is 1. The average molecular weight is 372 g/mol. The van der Waals surface area contributed by atoms with Crippen molar-refractivity contribution in [3.63, 3.8) is 0 Å². The summed E-state index contributed by atoms with van der Waals surface area (Å²) >= 11 is 9.31. The van der Waals surface area contributed by atoms with Crippen LogP contribution in [-0.4, -0.2) is 12.4 Å². The van der Waals surface area contributed by atoms with Crippen LogP contribution in [0.3, 0.4) is 0 Å². The minimum atomic E-state index is -0.233. The predicted molar refractivity (Wildman–Crippen MR) is 89.1 cm³/mol. The van der Waals surface area contributed by atoms with E-state index in [1.165, 1.54) is 11.6 Å². The number of ether oxygens (including phenoxy) is 1. The standard InChI is InChI=1S/C17H17BrClFO/c1-21-16-6-2-12(3-7-16)8-13(11-18)9-14-4-5-15(19)10-17(14)20/h2-7,10,13H,8-9,11H2,1H3. The van der Waals surface area contributed by atoms with E-state index in [9.17, 15) is 4.39 Å². The monoisotopic (exact) mass is 370 g/mol. The van der Waals surface area contributed by atoms with Gasteiger partial charge in [-0.1, -0.05) is 45.7 Å². The molecule has 112 valence electrons. The molecule has 0 heterocycles. The second kappa shape index (κ2) is 7.81. The van der Waals surface area contributed by atoms with Gasteiger partial charge in [0.1, 0.15) is 11.6 Å². The maximum atomic E-state index is 13.9. The molecule has 0 spiro atoms. The zero-order chi connectivity index (χ0) is 15.2. The molecule has 1 atom stereocenters. The van der Waals surface area contributed by atoms with Crippen molar-refractivity contribution >= 4 is 27.5 Å². The Balaban J connectivity index is 2.05. The van der Waals surface area contributed by atoms with Crippen molar-refractivity contribution in [3.05, 3.63) is 64.4 Å². The van der Waals surface area contributed by atoms with Gasteiger partial charge in [0.2, 0.25) is 0 Å². The molecule has 1 nitrogen and oxygen atoms in total. The van der Waals surface area contributed by atoms with E-state index >= 15 is 0 Å². The molecule has 0 saturated heterocycles. The molecule has 0 aliphatic heterocycles. The van der Waals surface area contributed by atoms with Gasteiger partial charge in [-0.25, -0.2) is 4.39 Å². The summed E-state index contributed by atoms with van der Waals surface area (Å²) in [5, 5.41) is 1.25. The van der Waals surface area contributed by atoms with E-state index in [0.29, 0.717) is 22.9 Å². The maximum absolute atomic E-state index is 13.9. The summed E-state index contributed by atoms with van der Waals surface area (Å²) in [7, 11) is 1.65. The van der Waals surface area contributed by atoms with Crippen LogP contribution < -0.4 is 4.74 Å². The lowest BCUT2D eigenvalue weighted by atomic mass is 9.94. The van der Waals surface area contributed by atoms with Crippen molar-refractivity contribution in [1.82, 2.24) is 0 Å². The Bertz CT molecular complexity index is 586. The van der Waals surface area contributed by atoms with E-state index in [4.69, 9.17) is 16.3 Å². The zero-order valence-electron chi connectivity index (χ0n) is 11.8. The van der Waals surface area contributed by atoms with Crippen LogP contribution in [0, 0.1) is 11.7 Å². The largest absolute Gasteiger partial charge is 0.497 e. The highest BCUT2D eigenvalue weighted by molar-refractivity contribution is 9.09. The Hall–Kier alpha value is -1.06.